The molecule has 0 aliphatic heterocycles. The largest absolute Gasteiger partial charge is 0.395 e. The summed E-state index contributed by atoms with van der Waals surface area (Å²) in [6.45, 7) is 3.34. The molecule has 2 aromatic rings. The van der Waals surface area contributed by atoms with Crippen molar-refractivity contribution < 1.29 is 5.11 Å². The molecule has 0 radical (unpaired) electrons. The zero-order valence-electron chi connectivity index (χ0n) is 11.3. The van der Waals surface area contributed by atoms with Crippen LogP contribution in [0.1, 0.15) is 18.1 Å². The van der Waals surface area contributed by atoms with E-state index in [0.29, 0.717) is 13.0 Å². The van der Waals surface area contributed by atoms with E-state index in [4.69, 9.17) is 5.73 Å². The first-order valence-electron chi connectivity index (χ1n) is 6.62. The first-order valence-corrected chi connectivity index (χ1v) is 6.62. The summed E-state index contributed by atoms with van der Waals surface area (Å²) in [4.78, 5) is 0. The van der Waals surface area contributed by atoms with Crippen molar-refractivity contribution in [2.24, 2.45) is 5.73 Å². The lowest BCUT2D eigenvalue weighted by Gasteiger charge is -2.30. The van der Waals surface area contributed by atoms with Crippen molar-refractivity contribution in [1.82, 2.24) is 9.78 Å². The number of benzene rings is 1. The monoisotopic (exact) mass is 259 g/mol. The van der Waals surface area contributed by atoms with Crippen LogP contribution < -0.4 is 5.73 Å². The molecule has 0 saturated heterocycles. The van der Waals surface area contributed by atoms with Crippen LogP contribution in [0.25, 0.3) is 0 Å². The molecule has 19 heavy (non-hydrogen) atoms. The van der Waals surface area contributed by atoms with Gasteiger partial charge in [0, 0.05) is 24.7 Å². The minimum absolute atomic E-state index is 0.0326. The van der Waals surface area contributed by atoms with E-state index in [9.17, 15) is 5.11 Å². The van der Waals surface area contributed by atoms with Crippen molar-refractivity contribution in [2.75, 3.05) is 13.2 Å². The van der Waals surface area contributed by atoms with E-state index >= 15 is 0 Å². The average molecular weight is 259 g/mol. The predicted molar refractivity (Wildman–Crippen MR) is 75.9 cm³/mol. The zero-order chi connectivity index (χ0) is 13.7. The first kappa shape index (κ1) is 13.8. The van der Waals surface area contributed by atoms with Crippen LogP contribution in [0.2, 0.25) is 0 Å². The number of aryl methyl sites for hydroxylation is 1. The summed E-state index contributed by atoms with van der Waals surface area (Å²) in [7, 11) is 0. The van der Waals surface area contributed by atoms with Gasteiger partial charge in [0.15, 0.2) is 0 Å². The Hall–Kier alpha value is -1.65. The van der Waals surface area contributed by atoms with Gasteiger partial charge in [0.1, 0.15) is 0 Å². The minimum Gasteiger partial charge on any atom is -0.395 e. The maximum absolute atomic E-state index is 9.85. The van der Waals surface area contributed by atoms with Gasteiger partial charge in [0.2, 0.25) is 0 Å². The van der Waals surface area contributed by atoms with Crippen LogP contribution in [0.5, 0.6) is 0 Å². The summed E-state index contributed by atoms with van der Waals surface area (Å²) >= 11 is 0. The van der Waals surface area contributed by atoms with Crippen molar-refractivity contribution in [3.8, 4) is 0 Å². The summed E-state index contributed by atoms with van der Waals surface area (Å²) in [6, 6.07) is 9.97. The topological polar surface area (TPSA) is 64.1 Å². The van der Waals surface area contributed by atoms with E-state index in [1.54, 1.807) is 0 Å². The summed E-state index contributed by atoms with van der Waals surface area (Å²) in [5.41, 5.74) is 7.70. The Morgan fingerprint density at radius 1 is 1.32 bits per heavy atom. The molecule has 102 valence electrons. The van der Waals surface area contributed by atoms with Crippen LogP contribution in [0.4, 0.5) is 0 Å². The third-order valence-corrected chi connectivity index (χ3v) is 3.63. The Bertz CT molecular complexity index is 503. The summed E-state index contributed by atoms with van der Waals surface area (Å²) < 4.78 is 1.89. The van der Waals surface area contributed by atoms with E-state index in [1.165, 1.54) is 0 Å². The highest BCUT2D eigenvalue weighted by Gasteiger charge is 2.30. The molecule has 0 aliphatic carbocycles. The van der Waals surface area contributed by atoms with Crippen LogP contribution in [0.15, 0.2) is 42.7 Å². The Morgan fingerprint density at radius 2 is 2.05 bits per heavy atom. The molecule has 4 nitrogen and oxygen atoms in total. The lowest BCUT2D eigenvalue weighted by atomic mass is 9.77. The van der Waals surface area contributed by atoms with E-state index in [0.717, 1.165) is 17.7 Å². The van der Waals surface area contributed by atoms with Crippen LogP contribution in [0, 0.1) is 0 Å². The second kappa shape index (κ2) is 5.99. The smallest absolute Gasteiger partial charge is 0.0543 e. The van der Waals surface area contributed by atoms with Gasteiger partial charge in [-0.3, -0.25) is 4.68 Å². The maximum atomic E-state index is 9.85. The molecule has 0 fully saturated rings. The van der Waals surface area contributed by atoms with Crippen LogP contribution >= 0.6 is 0 Å². The average Bonchev–Trinajstić information content (AvgIpc) is 2.93. The number of hydrogen-bond donors (Lipinski definition) is 2. The molecule has 1 atom stereocenters. The third kappa shape index (κ3) is 2.85. The number of aliphatic hydroxyl groups is 1. The van der Waals surface area contributed by atoms with Crippen LogP contribution in [-0.4, -0.2) is 28.0 Å². The molecule has 0 amide bonds. The van der Waals surface area contributed by atoms with Crippen molar-refractivity contribution in [1.29, 1.82) is 0 Å². The maximum Gasteiger partial charge on any atom is 0.0543 e. The Balaban J connectivity index is 2.29. The van der Waals surface area contributed by atoms with Gasteiger partial charge in [-0.2, -0.15) is 5.10 Å². The Morgan fingerprint density at radius 3 is 2.58 bits per heavy atom. The van der Waals surface area contributed by atoms with Gasteiger partial charge in [-0.25, -0.2) is 0 Å². The normalized spacial score (nSPS) is 14.3. The summed E-state index contributed by atoms with van der Waals surface area (Å²) in [5, 5.41) is 14.1. The minimum atomic E-state index is -0.428. The second-order valence-electron chi connectivity index (χ2n) is 4.89. The fourth-order valence-electron chi connectivity index (χ4n) is 2.36. The molecule has 1 unspecified atom stereocenters. The van der Waals surface area contributed by atoms with Gasteiger partial charge in [-0.15, -0.1) is 0 Å². The van der Waals surface area contributed by atoms with E-state index in [2.05, 4.69) is 12.0 Å². The Labute approximate surface area is 113 Å². The molecule has 3 N–H and O–H groups in total. The molecule has 1 aromatic carbocycles. The SMILES string of the molecule is CCn1cc(CC(CN)(CO)c2ccccc2)cn1. The molecule has 0 spiro atoms. The van der Waals surface area contributed by atoms with Crippen molar-refractivity contribution >= 4 is 0 Å². The second-order valence-corrected chi connectivity index (χ2v) is 4.89. The summed E-state index contributed by atoms with van der Waals surface area (Å²) in [5.74, 6) is 0. The number of aromatic nitrogens is 2. The third-order valence-electron chi connectivity index (χ3n) is 3.63. The molecule has 2 rings (SSSR count). The molecular formula is C15H21N3O. The number of nitrogens with zero attached hydrogens (tertiary/aromatic N) is 2. The standard InChI is InChI=1S/C15H21N3O/c1-2-18-10-13(9-17-18)8-15(11-16,12-19)14-6-4-3-5-7-14/h3-7,9-10,19H,2,8,11-12,16H2,1H3. The van der Waals surface area contributed by atoms with Crippen LogP contribution in [0.3, 0.4) is 0 Å². The summed E-state index contributed by atoms with van der Waals surface area (Å²) in [6.07, 6.45) is 4.57. The van der Waals surface area contributed by atoms with Gasteiger partial charge in [0.25, 0.3) is 0 Å². The fourth-order valence-corrected chi connectivity index (χ4v) is 2.36. The number of hydrogen-bond acceptors (Lipinski definition) is 3. The van der Waals surface area contributed by atoms with Gasteiger partial charge in [-0.1, -0.05) is 30.3 Å². The van der Waals surface area contributed by atoms with Gasteiger partial charge in [-0.05, 0) is 24.5 Å². The first-order chi connectivity index (χ1) is 9.24. The van der Waals surface area contributed by atoms with Gasteiger partial charge < -0.3 is 10.8 Å². The molecular weight excluding hydrogens is 238 g/mol. The van der Waals surface area contributed by atoms with Gasteiger partial charge >= 0.3 is 0 Å². The molecule has 4 heteroatoms. The Kier molecular flexibility index (Phi) is 4.35. The highest BCUT2D eigenvalue weighted by atomic mass is 16.3. The van der Waals surface area contributed by atoms with Crippen LogP contribution in [-0.2, 0) is 18.4 Å². The fraction of sp³-hybridized carbons (Fsp3) is 0.400. The van der Waals surface area contributed by atoms with E-state index in [-0.39, 0.29) is 6.61 Å². The van der Waals surface area contributed by atoms with Crippen molar-refractivity contribution in [3.63, 3.8) is 0 Å². The zero-order valence-corrected chi connectivity index (χ0v) is 11.3. The lowest BCUT2D eigenvalue weighted by Crippen LogP contribution is -2.40. The number of aliphatic hydroxyl groups excluding tert-OH is 1. The van der Waals surface area contributed by atoms with Crippen molar-refractivity contribution in [2.45, 2.75) is 25.3 Å². The van der Waals surface area contributed by atoms with Gasteiger partial charge in [0.05, 0.1) is 12.8 Å². The van der Waals surface area contributed by atoms with E-state index in [1.807, 2.05) is 47.4 Å². The lowest BCUT2D eigenvalue weighted by molar-refractivity contribution is 0.196. The predicted octanol–water partition coefficient (Wildman–Crippen LogP) is 1.33. The number of nitrogens with two attached hydrogens (primary N) is 1. The molecule has 0 saturated carbocycles. The quantitative estimate of drug-likeness (QED) is 0.822. The molecule has 0 bridgehead atoms. The number of rotatable bonds is 6. The van der Waals surface area contributed by atoms with E-state index < -0.39 is 5.41 Å². The molecule has 1 aromatic heterocycles. The highest BCUT2D eigenvalue weighted by molar-refractivity contribution is 5.29. The van der Waals surface area contributed by atoms with Crippen molar-refractivity contribution in [3.05, 3.63) is 53.9 Å². The molecule has 0 aliphatic rings. The highest BCUT2D eigenvalue weighted by Crippen LogP contribution is 2.27. The molecule has 1 heterocycles.